The molecular weight excluding hydrogens is 606 g/mol. The molecule has 1 saturated carbocycles. The van der Waals surface area contributed by atoms with Gasteiger partial charge in [-0.25, -0.2) is 0 Å². The van der Waals surface area contributed by atoms with Crippen LogP contribution in [0.3, 0.4) is 0 Å². The first-order valence-electron chi connectivity index (χ1n) is 14.7. The molecule has 2 heterocycles. The zero-order chi connectivity index (χ0) is 34.6. The molecule has 3 atom stereocenters. The number of nitrogens with zero attached hydrogens (tertiary/aromatic N) is 1. The summed E-state index contributed by atoms with van der Waals surface area (Å²) in [6.45, 7) is 16.0. The van der Waals surface area contributed by atoms with E-state index >= 15 is 0 Å². The van der Waals surface area contributed by atoms with Crippen molar-refractivity contribution < 1.29 is 23.9 Å². The molecule has 4 amide bonds. The van der Waals surface area contributed by atoms with Gasteiger partial charge in [0.15, 0.2) is 5.43 Å². The van der Waals surface area contributed by atoms with Gasteiger partial charge in [-0.3, -0.25) is 24.0 Å². The molecule has 1 aromatic heterocycles. The molecule has 0 spiro atoms. The van der Waals surface area contributed by atoms with Crippen molar-refractivity contribution in [2.75, 3.05) is 20.2 Å². The van der Waals surface area contributed by atoms with Gasteiger partial charge in [-0.05, 0) is 62.8 Å². The van der Waals surface area contributed by atoms with Crippen molar-refractivity contribution in [3.05, 3.63) is 96.4 Å². The molecule has 1 aromatic carbocycles. The molecule has 2 aromatic rings. The van der Waals surface area contributed by atoms with Crippen LogP contribution in [0.5, 0.6) is 5.75 Å². The summed E-state index contributed by atoms with van der Waals surface area (Å²) in [6.07, 6.45) is 13.4. The lowest BCUT2D eigenvalue weighted by Gasteiger charge is -2.15. The third-order valence-electron chi connectivity index (χ3n) is 6.88. The maximum Gasteiger partial charge on any atom is 0.243 e. The molecule has 1 aliphatic carbocycles. The maximum atomic E-state index is 12.1. The number of hydrogen-bond acceptors (Lipinski definition) is 7. The number of carbonyl (C=O) groups excluding carboxylic acids is 4. The normalized spacial score (nSPS) is 17.9. The van der Waals surface area contributed by atoms with Crippen molar-refractivity contribution in [1.29, 1.82) is 0 Å². The number of likely N-dealkylation sites (tertiary alicyclic amines) is 1. The lowest BCUT2D eigenvalue weighted by Crippen LogP contribution is -2.39. The van der Waals surface area contributed by atoms with Gasteiger partial charge >= 0.3 is 0 Å². The van der Waals surface area contributed by atoms with Crippen LogP contribution in [0.1, 0.15) is 38.8 Å². The smallest absolute Gasteiger partial charge is 0.243 e. The van der Waals surface area contributed by atoms with Crippen molar-refractivity contribution in [3.63, 3.8) is 0 Å². The molecule has 2 aliphatic rings. The molecule has 0 bridgehead atoms. The molecule has 3 unspecified atom stereocenters. The number of carbonyl (C=O) groups is 4. The summed E-state index contributed by atoms with van der Waals surface area (Å²) in [5, 5.41) is 3.25. The highest BCUT2D eigenvalue weighted by atomic mass is 32.1. The Morgan fingerprint density at radius 3 is 2.41 bits per heavy atom. The standard InChI is InChI=1S/C16H15NO2.C6H10N2O2.C6H9NOS.C6H11NO/c1-4-6-11(5-2)14-10-16(18)13-8-7-12(19-3)9-15(13)17-14;7-6(10)5-2-1-3-8(5)4-9;1-2-4-3-5(4)6(8)7-9;1-3-5-6(8)7-4-2/h4-10H,1-2H2,3H3,(H,17,18);4-5H,1-3H2,(H2,7,10);2,4-5,9H,1,3H2,(H,7,8);3,5H,4H2,1-2H3,(H,7,8)/b11-6+;;;5-3+. The maximum absolute atomic E-state index is 12.1. The van der Waals surface area contributed by atoms with E-state index in [2.05, 4.69) is 47.6 Å². The van der Waals surface area contributed by atoms with Crippen LogP contribution < -0.4 is 25.9 Å². The summed E-state index contributed by atoms with van der Waals surface area (Å²) in [6, 6.07) is 6.53. The van der Waals surface area contributed by atoms with Crippen LogP contribution in [-0.2, 0) is 19.2 Å². The number of rotatable bonds is 10. The predicted molar refractivity (Wildman–Crippen MR) is 187 cm³/mol. The fourth-order valence-corrected chi connectivity index (χ4v) is 4.54. The average molecular weight is 652 g/mol. The number of allylic oxidation sites excluding steroid dienone is 6. The zero-order valence-corrected chi connectivity index (χ0v) is 27.6. The third-order valence-corrected chi connectivity index (χ3v) is 7.10. The topological polar surface area (TPSA) is 164 Å². The monoisotopic (exact) mass is 651 g/mol. The highest BCUT2D eigenvalue weighted by molar-refractivity contribution is 7.78. The van der Waals surface area contributed by atoms with Crippen LogP contribution in [0.2, 0.25) is 0 Å². The molecule has 248 valence electrons. The number of benzene rings is 1. The number of aromatic nitrogens is 1. The first kappa shape index (κ1) is 39.2. The fraction of sp³-hybridized carbons (Fsp3) is 0.324. The second kappa shape index (κ2) is 21.0. The van der Waals surface area contributed by atoms with E-state index in [4.69, 9.17) is 10.5 Å². The Bertz CT molecular complexity index is 1500. The second-order valence-corrected chi connectivity index (χ2v) is 10.3. The van der Waals surface area contributed by atoms with Gasteiger partial charge in [-0.15, -0.1) is 6.58 Å². The Labute approximate surface area is 275 Å². The summed E-state index contributed by atoms with van der Waals surface area (Å²) in [5.41, 5.74) is 7.25. The predicted octanol–water partition coefficient (Wildman–Crippen LogP) is 3.85. The number of hydrogen-bond donors (Lipinski definition) is 5. The molecule has 4 rings (SSSR count). The highest BCUT2D eigenvalue weighted by Gasteiger charge is 2.40. The first-order chi connectivity index (χ1) is 22.0. The molecule has 0 radical (unpaired) electrons. The average Bonchev–Trinajstić information content (AvgIpc) is 3.69. The lowest BCUT2D eigenvalue weighted by molar-refractivity contribution is -0.128. The molecular formula is C34H45N5O6S. The van der Waals surface area contributed by atoms with Gasteiger partial charge < -0.3 is 30.4 Å². The number of thiol groups is 1. The molecule has 5 N–H and O–H groups in total. The Hall–Kier alpha value is -4.84. The zero-order valence-electron chi connectivity index (χ0n) is 26.7. The molecule has 2 fully saturated rings. The molecule has 1 saturated heterocycles. The number of primary amides is 1. The van der Waals surface area contributed by atoms with E-state index in [0.717, 1.165) is 23.9 Å². The van der Waals surface area contributed by atoms with E-state index in [1.807, 2.05) is 19.9 Å². The van der Waals surface area contributed by atoms with Gasteiger partial charge in [0.1, 0.15) is 11.8 Å². The molecule has 12 heteroatoms. The number of fused-ring (bicyclic) bond motifs is 1. The van der Waals surface area contributed by atoms with Gasteiger partial charge in [-0.2, -0.15) is 0 Å². The fourth-order valence-electron chi connectivity index (χ4n) is 4.37. The number of H-pyrrole nitrogens is 1. The minimum Gasteiger partial charge on any atom is -0.497 e. The van der Waals surface area contributed by atoms with E-state index < -0.39 is 5.91 Å². The van der Waals surface area contributed by atoms with Gasteiger partial charge in [-0.1, -0.05) is 56.4 Å². The van der Waals surface area contributed by atoms with E-state index in [0.29, 0.717) is 48.7 Å². The van der Waals surface area contributed by atoms with Crippen LogP contribution in [0.4, 0.5) is 0 Å². The Kier molecular flexibility index (Phi) is 17.9. The summed E-state index contributed by atoms with van der Waals surface area (Å²) < 4.78 is 7.46. The minimum absolute atomic E-state index is 0.0169. The van der Waals surface area contributed by atoms with Crippen LogP contribution >= 0.6 is 12.8 Å². The number of aromatic amines is 1. The minimum atomic E-state index is -0.399. The second-order valence-electron chi connectivity index (χ2n) is 10.0. The lowest BCUT2D eigenvalue weighted by atomic mass is 10.1. The molecule has 46 heavy (non-hydrogen) atoms. The molecule has 11 nitrogen and oxygen atoms in total. The van der Waals surface area contributed by atoms with Crippen molar-refractivity contribution in [2.45, 2.75) is 39.2 Å². The van der Waals surface area contributed by atoms with Gasteiger partial charge in [0.05, 0.1) is 12.6 Å². The Morgan fingerprint density at radius 1 is 1.22 bits per heavy atom. The summed E-state index contributed by atoms with van der Waals surface area (Å²) in [7, 11) is 1.59. The van der Waals surface area contributed by atoms with E-state index in [9.17, 15) is 24.0 Å². The third kappa shape index (κ3) is 12.6. The van der Waals surface area contributed by atoms with Crippen molar-refractivity contribution in [2.24, 2.45) is 17.6 Å². The number of nitrogens with one attached hydrogen (secondary N) is 3. The number of pyridine rings is 1. The van der Waals surface area contributed by atoms with Crippen molar-refractivity contribution >= 4 is 53.4 Å². The van der Waals surface area contributed by atoms with Crippen LogP contribution in [-0.4, -0.2) is 60.3 Å². The van der Waals surface area contributed by atoms with Crippen LogP contribution in [0.15, 0.2) is 85.3 Å². The summed E-state index contributed by atoms with van der Waals surface area (Å²) in [5.74, 6) is 0.855. The van der Waals surface area contributed by atoms with E-state index in [1.54, 1.807) is 55.7 Å². The number of amides is 4. The van der Waals surface area contributed by atoms with Gasteiger partial charge in [0, 0.05) is 42.2 Å². The first-order valence-corrected chi connectivity index (χ1v) is 15.1. The van der Waals surface area contributed by atoms with Crippen LogP contribution in [0.25, 0.3) is 16.5 Å². The largest absolute Gasteiger partial charge is 0.497 e. The van der Waals surface area contributed by atoms with Crippen molar-refractivity contribution in [1.82, 2.24) is 19.9 Å². The number of nitrogens with two attached hydrogens (primary N) is 1. The number of ether oxygens (including phenoxy) is 1. The van der Waals surface area contributed by atoms with Gasteiger partial charge in [0.25, 0.3) is 0 Å². The Balaban J connectivity index is 0.000000333. The Morgan fingerprint density at radius 2 is 1.93 bits per heavy atom. The summed E-state index contributed by atoms with van der Waals surface area (Å²) >= 11 is 3.64. The SMILES string of the molecule is C/C=C/C(=O)NCC.C=C/C=C(\C=C)c1cc(=O)c2ccc(OC)cc2[nH]1.C=CC1CC1C(=O)NS.NC(=O)C1CCCN1C=O. The number of methoxy groups -OCH3 is 1. The quantitative estimate of drug-likeness (QED) is 0.0862. The van der Waals surface area contributed by atoms with Gasteiger partial charge in [0.2, 0.25) is 24.1 Å². The number of likely N-dealkylation sites (N-methyl/N-ethyl adjacent to an activating group) is 1. The highest BCUT2D eigenvalue weighted by Crippen LogP contribution is 2.39. The summed E-state index contributed by atoms with van der Waals surface area (Å²) in [4.78, 5) is 58.7. The van der Waals surface area contributed by atoms with Crippen molar-refractivity contribution in [3.8, 4) is 5.75 Å². The van der Waals surface area contributed by atoms with E-state index in [-0.39, 0.29) is 29.2 Å². The molecule has 1 aliphatic heterocycles. The van der Waals surface area contributed by atoms with E-state index in [1.165, 1.54) is 11.0 Å². The van der Waals surface area contributed by atoms with Crippen LogP contribution in [0, 0.1) is 11.8 Å².